The van der Waals surface area contributed by atoms with Crippen LogP contribution in [0, 0.1) is 11.8 Å². The van der Waals surface area contributed by atoms with Crippen LogP contribution in [0.2, 0.25) is 0 Å². The first kappa shape index (κ1) is 18.4. The molecule has 0 saturated carbocycles. The topological polar surface area (TPSA) is 89.9 Å². The Balaban J connectivity index is 4.38. The highest BCUT2D eigenvalue weighted by Crippen LogP contribution is 2.14. The zero-order chi connectivity index (χ0) is 15.5. The summed E-state index contributed by atoms with van der Waals surface area (Å²) in [6.07, 6.45) is 2.37. The zero-order valence-electron chi connectivity index (χ0n) is 12.3. The van der Waals surface area contributed by atoms with Crippen molar-refractivity contribution in [1.29, 1.82) is 0 Å². The minimum atomic E-state index is -0.858. The largest absolute Gasteiger partial charge is 0.481 e. The van der Waals surface area contributed by atoms with E-state index in [1.54, 1.807) is 6.08 Å². The van der Waals surface area contributed by atoms with Crippen LogP contribution in [0.4, 0.5) is 4.79 Å². The summed E-state index contributed by atoms with van der Waals surface area (Å²) < 4.78 is 0. The van der Waals surface area contributed by atoms with Gasteiger partial charge in [0.05, 0.1) is 6.61 Å². The second kappa shape index (κ2) is 10.3. The van der Waals surface area contributed by atoms with Crippen molar-refractivity contribution >= 4 is 12.0 Å². The quantitative estimate of drug-likeness (QED) is 0.528. The van der Waals surface area contributed by atoms with Gasteiger partial charge in [-0.1, -0.05) is 19.9 Å². The number of aliphatic hydroxyl groups excluding tert-OH is 1. The van der Waals surface area contributed by atoms with Gasteiger partial charge in [-0.2, -0.15) is 0 Å². The predicted molar refractivity (Wildman–Crippen MR) is 77.5 cm³/mol. The summed E-state index contributed by atoms with van der Waals surface area (Å²) in [5.41, 5.74) is 0. The van der Waals surface area contributed by atoms with Crippen molar-refractivity contribution in [2.75, 3.05) is 26.2 Å². The summed E-state index contributed by atoms with van der Waals surface area (Å²) in [6, 6.07) is -0.307. The molecule has 0 aliphatic heterocycles. The predicted octanol–water partition coefficient (Wildman–Crippen LogP) is 1.31. The smallest absolute Gasteiger partial charge is 0.317 e. The Bertz CT molecular complexity index is 318. The second-order valence-corrected chi connectivity index (χ2v) is 5.24. The molecule has 2 amide bonds. The summed E-state index contributed by atoms with van der Waals surface area (Å²) in [4.78, 5) is 24.1. The third-order valence-corrected chi connectivity index (χ3v) is 2.82. The Morgan fingerprint density at radius 3 is 2.50 bits per heavy atom. The van der Waals surface area contributed by atoms with Crippen LogP contribution in [0.25, 0.3) is 0 Å². The summed E-state index contributed by atoms with van der Waals surface area (Å²) in [7, 11) is 0. The lowest BCUT2D eigenvalue weighted by Crippen LogP contribution is -2.43. The third kappa shape index (κ3) is 8.53. The Morgan fingerprint density at radius 1 is 1.40 bits per heavy atom. The van der Waals surface area contributed by atoms with Gasteiger partial charge in [-0.15, -0.1) is 6.58 Å². The van der Waals surface area contributed by atoms with E-state index in [2.05, 4.69) is 11.9 Å². The van der Waals surface area contributed by atoms with Crippen LogP contribution in [0.15, 0.2) is 12.7 Å². The highest BCUT2D eigenvalue weighted by molar-refractivity contribution is 5.74. The molecule has 0 saturated heterocycles. The summed E-state index contributed by atoms with van der Waals surface area (Å²) in [5.74, 6) is -0.572. The normalized spacial score (nSPS) is 12.0. The van der Waals surface area contributed by atoms with Gasteiger partial charge in [0, 0.05) is 26.1 Å². The number of carboxylic acids is 1. The molecule has 0 spiro atoms. The van der Waals surface area contributed by atoms with E-state index in [-0.39, 0.29) is 31.5 Å². The number of amides is 2. The van der Waals surface area contributed by atoms with Crippen molar-refractivity contribution in [3.05, 3.63) is 12.7 Å². The molecule has 0 heterocycles. The molecule has 0 aromatic carbocycles. The van der Waals surface area contributed by atoms with Gasteiger partial charge >= 0.3 is 12.0 Å². The van der Waals surface area contributed by atoms with Crippen molar-refractivity contribution in [2.24, 2.45) is 11.8 Å². The SMILES string of the molecule is C=CCN(CCO)C(=O)NCC(CC(=O)O)CC(C)C. The maximum Gasteiger partial charge on any atom is 0.317 e. The van der Waals surface area contributed by atoms with Gasteiger partial charge in [-0.25, -0.2) is 4.79 Å². The molecular formula is C14H26N2O4. The number of nitrogens with zero attached hydrogens (tertiary/aromatic N) is 1. The van der Waals surface area contributed by atoms with Crippen LogP contribution >= 0.6 is 0 Å². The molecule has 6 nitrogen and oxygen atoms in total. The van der Waals surface area contributed by atoms with E-state index in [0.29, 0.717) is 19.0 Å². The summed E-state index contributed by atoms with van der Waals surface area (Å²) in [6.45, 7) is 8.38. The number of carboxylic acid groups (broad SMARTS) is 1. The van der Waals surface area contributed by atoms with Crippen molar-refractivity contribution in [1.82, 2.24) is 10.2 Å². The minimum Gasteiger partial charge on any atom is -0.481 e. The molecule has 0 aromatic heterocycles. The number of hydrogen-bond donors (Lipinski definition) is 3. The average molecular weight is 286 g/mol. The second-order valence-electron chi connectivity index (χ2n) is 5.24. The first-order valence-corrected chi connectivity index (χ1v) is 6.87. The fourth-order valence-electron chi connectivity index (χ4n) is 2.05. The van der Waals surface area contributed by atoms with Crippen molar-refractivity contribution in [2.45, 2.75) is 26.7 Å². The van der Waals surface area contributed by atoms with Gasteiger partial charge in [-0.05, 0) is 18.3 Å². The van der Waals surface area contributed by atoms with Crippen molar-refractivity contribution < 1.29 is 19.8 Å². The maximum absolute atomic E-state index is 11.9. The van der Waals surface area contributed by atoms with Gasteiger partial charge in [0.1, 0.15) is 0 Å². The van der Waals surface area contributed by atoms with E-state index in [0.717, 1.165) is 6.42 Å². The molecule has 1 unspecified atom stereocenters. The van der Waals surface area contributed by atoms with Gasteiger partial charge in [0.2, 0.25) is 0 Å². The minimum absolute atomic E-state index is 0.0416. The van der Waals surface area contributed by atoms with Crippen LogP contribution in [0.3, 0.4) is 0 Å². The molecule has 0 aliphatic rings. The Kier molecular flexibility index (Phi) is 9.45. The van der Waals surface area contributed by atoms with Crippen LogP contribution in [-0.2, 0) is 4.79 Å². The number of aliphatic carboxylic acids is 1. The number of hydrogen-bond acceptors (Lipinski definition) is 3. The van der Waals surface area contributed by atoms with Crippen molar-refractivity contribution in [3.63, 3.8) is 0 Å². The molecule has 0 aromatic rings. The fraction of sp³-hybridized carbons (Fsp3) is 0.714. The lowest BCUT2D eigenvalue weighted by atomic mass is 9.94. The number of carbonyl (C=O) groups is 2. The number of nitrogens with one attached hydrogen (secondary N) is 1. The Labute approximate surface area is 120 Å². The van der Waals surface area contributed by atoms with E-state index in [1.807, 2.05) is 13.8 Å². The molecule has 0 aliphatic carbocycles. The number of urea groups is 1. The summed E-state index contributed by atoms with van der Waals surface area (Å²) >= 11 is 0. The highest BCUT2D eigenvalue weighted by atomic mass is 16.4. The number of aliphatic hydroxyl groups is 1. The van der Waals surface area contributed by atoms with E-state index in [1.165, 1.54) is 4.90 Å². The number of rotatable bonds is 10. The third-order valence-electron chi connectivity index (χ3n) is 2.82. The van der Waals surface area contributed by atoms with Gasteiger partial charge in [0.15, 0.2) is 0 Å². The van der Waals surface area contributed by atoms with Crippen LogP contribution < -0.4 is 5.32 Å². The van der Waals surface area contributed by atoms with Crippen LogP contribution in [-0.4, -0.2) is 53.4 Å². The molecule has 3 N–H and O–H groups in total. The maximum atomic E-state index is 11.9. The molecule has 116 valence electrons. The Hall–Kier alpha value is -1.56. The van der Waals surface area contributed by atoms with Gasteiger partial charge in [-0.3, -0.25) is 4.79 Å². The van der Waals surface area contributed by atoms with E-state index < -0.39 is 5.97 Å². The molecule has 0 rings (SSSR count). The molecule has 0 radical (unpaired) electrons. The van der Waals surface area contributed by atoms with E-state index >= 15 is 0 Å². The van der Waals surface area contributed by atoms with Crippen LogP contribution in [0.5, 0.6) is 0 Å². The van der Waals surface area contributed by atoms with E-state index in [9.17, 15) is 9.59 Å². The van der Waals surface area contributed by atoms with Crippen molar-refractivity contribution in [3.8, 4) is 0 Å². The zero-order valence-corrected chi connectivity index (χ0v) is 12.3. The lowest BCUT2D eigenvalue weighted by Gasteiger charge is -2.23. The monoisotopic (exact) mass is 286 g/mol. The first-order chi connectivity index (χ1) is 9.40. The molecular weight excluding hydrogens is 260 g/mol. The first-order valence-electron chi connectivity index (χ1n) is 6.87. The summed E-state index contributed by atoms with van der Waals surface area (Å²) in [5, 5.41) is 20.5. The van der Waals surface area contributed by atoms with Gasteiger partial charge in [0.25, 0.3) is 0 Å². The van der Waals surface area contributed by atoms with Gasteiger partial charge < -0.3 is 20.4 Å². The molecule has 20 heavy (non-hydrogen) atoms. The standard InChI is InChI=1S/C14H26N2O4/c1-4-5-16(6-7-17)14(20)15-10-12(8-11(2)3)9-13(18)19/h4,11-12,17H,1,5-10H2,2-3H3,(H,15,20)(H,18,19). The molecule has 0 bridgehead atoms. The Morgan fingerprint density at radius 2 is 2.05 bits per heavy atom. The molecule has 6 heteroatoms. The lowest BCUT2D eigenvalue weighted by molar-refractivity contribution is -0.138. The van der Waals surface area contributed by atoms with E-state index in [4.69, 9.17) is 10.2 Å². The number of carbonyl (C=O) groups excluding carboxylic acids is 1. The average Bonchev–Trinajstić information content (AvgIpc) is 2.34. The fourth-order valence-corrected chi connectivity index (χ4v) is 2.05. The van der Waals surface area contributed by atoms with Crippen LogP contribution in [0.1, 0.15) is 26.7 Å². The highest BCUT2D eigenvalue weighted by Gasteiger charge is 2.18. The molecule has 0 fully saturated rings. The molecule has 1 atom stereocenters.